The van der Waals surface area contributed by atoms with E-state index in [1.165, 1.54) is 141 Å². The second-order valence-electron chi connectivity index (χ2n) is 27.2. The monoisotopic (exact) mass is 1310 g/mol. The van der Waals surface area contributed by atoms with Crippen LogP contribution in [0.1, 0.15) is 344 Å². The highest BCUT2D eigenvalue weighted by Gasteiger charge is 2.30. The van der Waals surface area contributed by atoms with Gasteiger partial charge in [0.15, 0.2) is 12.2 Å². The maximum atomic E-state index is 13.0. The summed E-state index contributed by atoms with van der Waals surface area (Å²) in [5, 5.41) is 10.6. The number of phosphoric ester groups is 2. The SMILES string of the molecule is CC(C)CCCCCCCCCCCCCC(=O)OC[C@H](COP(=O)(O)OCC(O)COP(=O)(O)OC[C@@H](COC(=O)CCCCCCCCCC(C)C)OC(=O)CCCCCCCCCCC(C)C)OC(=O)CCCCCCCCCCCCCC(C)C. The Labute approximate surface area is 543 Å². The van der Waals surface area contributed by atoms with Crippen LogP contribution in [0.3, 0.4) is 0 Å². The molecule has 0 aromatic heterocycles. The van der Waals surface area contributed by atoms with Gasteiger partial charge in [0.1, 0.15) is 19.3 Å². The van der Waals surface area contributed by atoms with Crippen LogP contribution in [-0.4, -0.2) is 96.7 Å². The molecule has 89 heavy (non-hydrogen) atoms. The van der Waals surface area contributed by atoms with Gasteiger partial charge >= 0.3 is 39.5 Å². The van der Waals surface area contributed by atoms with Crippen LogP contribution in [0.2, 0.25) is 0 Å². The lowest BCUT2D eigenvalue weighted by Gasteiger charge is -2.21. The third-order valence-electron chi connectivity index (χ3n) is 16.1. The van der Waals surface area contributed by atoms with E-state index in [1.807, 2.05) is 0 Å². The molecule has 0 aliphatic rings. The fraction of sp³-hybridized carbons (Fsp3) is 0.943. The van der Waals surface area contributed by atoms with Crippen molar-refractivity contribution in [2.24, 2.45) is 23.7 Å². The Morgan fingerprint density at radius 2 is 0.472 bits per heavy atom. The molecule has 0 spiro atoms. The quantitative estimate of drug-likeness (QED) is 0.0222. The van der Waals surface area contributed by atoms with E-state index in [0.29, 0.717) is 31.6 Å². The first-order valence-corrected chi connectivity index (χ1v) is 39.2. The lowest BCUT2D eigenvalue weighted by molar-refractivity contribution is -0.161. The number of phosphoric acid groups is 2. The minimum absolute atomic E-state index is 0.103. The Balaban J connectivity index is 5.26. The van der Waals surface area contributed by atoms with Gasteiger partial charge in [-0.2, -0.15) is 0 Å². The lowest BCUT2D eigenvalue weighted by Crippen LogP contribution is -2.30. The highest BCUT2D eigenvalue weighted by molar-refractivity contribution is 7.47. The second-order valence-corrected chi connectivity index (χ2v) is 30.1. The molecule has 0 aromatic rings. The zero-order valence-corrected chi connectivity index (χ0v) is 59.8. The van der Waals surface area contributed by atoms with E-state index in [-0.39, 0.29) is 25.7 Å². The number of rotatable bonds is 67. The molecule has 17 nitrogen and oxygen atoms in total. The van der Waals surface area contributed by atoms with Crippen LogP contribution in [0.4, 0.5) is 0 Å². The van der Waals surface area contributed by atoms with E-state index in [0.717, 1.165) is 114 Å². The van der Waals surface area contributed by atoms with E-state index in [4.69, 9.17) is 37.0 Å². The number of aliphatic hydroxyl groups is 1. The molecule has 0 fully saturated rings. The van der Waals surface area contributed by atoms with Crippen LogP contribution >= 0.6 is 15.6 Å². The van der Waals surface area contributed by atoms with Crippen molar-refractivity contribution in [3.63, 3.8) is 0 Å². The molecule has 3 N–H and O–H groups in total. The summed E-state index contributed by atoms with van der Waals surface area (Å²) in [6.07, 6.45) is 41.8. The van der Waals surface area contributed by atoms with Crippen LogP contribution in [0.25, 0.3) is 0 Å². The molecule has 0 saturated heterocycles. The number of esters is 4. The van der Waals surface area contributed by atoms with Gasteiger partial charge in [0.25, 0.3) is 0 Å². The summed E-state index contributed by atoms with van der Waals surface area (Å²) >= 11 is 0. The maximum Gasteiger partial charge on any atom is 0.472 e. The first kappa shape index (κ1) is 87.1. The molecule has 0 amide bonds. The minimum atomic E-state index is -4.95. The average molecular weight is 1310 g/mol. The van der Waals surface area contributed by atoms with Crippen LogP contribution in [0.15, 0.2) is 0 Å². The van der Waals surface area contributed by atoms with E-state index >= 15 is 0 Å². The Morgan fingerprint density at radius 3 is 0.697 bits per heavy atom. The number of aliphatic hydroxyl groups excluding tert-OH is 1. The number of carbonyl (C=O) groups is 4. The molecular weight excluding hydrogens is 1170 g/mol. The molecule has 0 rings (SSSR count). The van der Waals surface area contributed by atoms with Crippen LogP contribution in [0.5, 0.6) is 0 Å². The Morgan fingerprint density at radius 1 is 0.281 bits per heavy atom. The Bertz CT molecular complexity index is 1760. The standard InChI is InChI=1S/C70H136O17P2/c1-60(2)46-38-30-22-15-11-9-13-17-26-34-42-50-67(72)80-56-65(86-69(74)52-44-36-27-18-14-10-12-16-23-31-39-47-61(3)4)58-84-88(76,77)82-54-64(71)55-83-89(78,79)85-59-66(57-81-68(73)51-43-35-29-21-25-33-41-49-63(7)8)87-70(75)53-45-37-28-20-19-24-32-40-48-62(5)6/h60-66,71H,9-59H2,1-8H3,(H,76,77)(H,78,79)/t64?,65-,66-/m1/s1. The number of hydrogen-bond donors (Lipinski definition) is 3. The summed E-state index contributed by atoms with van der Waals surface area (Å²) in [5.41, 5.74) is 0. The maximum absolute atomic E-state index is 13.0. The molecule has 0 aromatic carbocycles. The normalized spacial score (nSPS) is 14.3. The molecule has 0 aliphatic carbocycles. The molecule has 0 bridgehead atoms. The van der Waals surface area contributed by atoms with Gasteiger partial charge < -0.3 is 33.8 Å². The summed E-state index contributed by atoms with van der Waals surface area (Å²) < 4.78 is 68.3. The molecule has 0 radical (unpaired) electrons. The fourth-order valence-electron chi connectivity index (χ4n) is 10.5. The van der Waals surface area contributed by atoms with Gasteiger partial charge in [-0.15, -0.1) is 0 Å². The summed E-state index contributed by atoms with van der Waals surface area (Å²) in [4.78, 5) is 72.5. The van der Waals surface area contributed by atoms with Crippen molar-refractivity contribution in [1.82, 2.24) is 0 Å². The Kier molecular flexibility index (Phi) is 58.5. The third-order valence-corrected chi connectivity index (χ3v) is 18.0. The van der Waals surface area contributed by atoms with Gasteiger partial charge in [-0.05, 0) is 49.4 Å². The first-order chi connectivity index (χ1) is 42.6. The first-order valence-electron chi connectivity index (χ1n) is 36.2. The number of ether oxygens (including phenoxy) is 4. The average Bonchev–Trinajstić information content (AvgIpc) is 3.67. The summed E-state index contributed by atoms with van der Waals surface area (Å²) in [5.74, 6) is 0.829. The van der Waals surface area contributed by atoms with Crippen LogP contribution in [0, 0.1) is 23.7 Å². The van der Waals surface area contributed by atoms with Gasteiger partial charge in [-0.3, -0.25) is 37.3 Å². The predicted molar refractivity (Wildman–Crippen MR) is 358 cm³/mol. The third kappa shape index (κ3) is 64.6. The van der Waals surface area contributed by atoms with E-state index in [9.17, 15) is 43.2 Å². The molecular formula is C70H136O17P2. The molecule has 528 valence electrons. The molecule has 19 heteroatoms. The topological polar surface area (TPSA) is 237 Å². The van der Waals surface area contributed by atoms with Crippen molar-refractivity contribution in [3.05, 3.63) is 0 Å². The van der Waals surface area contributed by atoms with Crippen molar-refractivity contribution in [3.8, 4) is 0 Å². The van der Waals surface area contributed by atoms with Crippen LogP contribution < -0.4 is 0 Å². The zero-order valence-electron chi connectivity index (χ0n) is 58.1. The number of carbonyl (C=O) groups excluding carboxylic acids is 4. The van der Waals surface area contributed by atoms with Crippen molar-refractivity contribution in [1.29, 1.82) is 0 Å². The molecule has 0 saturated carbocycles. The number of unbranched alkanes of at least 4 members (excludes halogenated alkanes) is 33. The van der Waals surface area contributed by atoms with Gasteiger partial charge in [-0.1, -0.05) is 293 Å². The lowest BCUT2D eigenvalue weighted by atomic mass is 10.0. The fourth-order valence-corrected chi connectivity index (χ4v) is 12.1. The number of hydrogen-bond acceptors (Lipinski definition) is 15. The highest BCUT2D eigenvalue weighted by Crippen LogP contribution is 2.45. The van der Waals surface area contributed by atoms with E-state index in [2.05, 4.69) is 55.4 Å². The van der Waals surface area contributed by atoms with E-state index < -0.39 is 97.5 Å². The highest BCUT2D eigenvalue weighted by atomic mass is 31.2. The summed E-state index contributed by atoms with van der Waals surface area (Å²) in [6, 6.07) is 0. The summed E-state index contributed by atoms with van der Waals surface area (Å²) in [6.45, 7) is 14.1. The summed E-state index contributed by atoms with van der Waals surface area (Å²) in [7, 11) is -9.90. The van der Waals surface area contributed by atoms with Crippen molar-refractivity contribution in [2.45, 2.75) is 363 Å². The molecule has 3 unspecified atom stereocenters. The molecule has 0 aliphatic heterocycles. The Hall–Kier alpha value is -1.94. The van der Waals surface area contributed by atoms with Gasteiger partial charge in [0.2, 0.25) is 0 Å². The van der Waals surface area contributed by atoms with Gasteiger partial charge in [-0.25, -0.2) is 9.13 Å². The molecule has 5 atom stereocenters. The van der Waals surface area contributed by atoms with Crippen molar-refractivity contribution < 1.29 is 80.2 Å². The van der Waals surface area contributed by atoms with E-state index in [1.54, 1.807) is 0 Å². The zero-order chi connectivity index (χ0) is 66.1. The largest absolute Gasteiger partial charge is 0.472 e. The van der Waals surface area contributed by atoms with Crippen LogP contribution in [-0.2, 0) is 65.4 Å². The van der Waals surface area contributed by atoms with Crippen molar-refractivity contribution in [2.75, 3.05) is 39.6 Å². The smallest absolute Gasteiger partial charge is 0.462 e. The van der Waals surface area contributed by atoms with Crippen molar-refractivity contribution >= 4 is 39.5 Å². The van der Waals surface area contributed by atoms with Gasteiger partial charge in [0.05, 0.1) is 26.4 Å². The predicted octanol–water partition coefficient (Wildman–Crippen LogP) is 19.7. The molecule has 0 heterocycles. The minimum Gasteiger partial charge on any atom is -0.462 e. The van der Waals surface area contributed by atoms with Gasteiger partial charge in [0, 0.05) is 25.7 Å². The second kappa shape index (κ2) is 59.8.